The SMILES string of the molecule is CC(=O)c1ccc(N2CCN(C(=O)C(C)(C)C)CC2)c(F)c1. The highest BCUT2D eigenvalue weighted by atomic mass is 19.1. The highest BCUT2D eigenvalue weighted by molar-refractivity contribution is 5.94. The maximum Gasteiger partial charge on any atom is 0.228 e. The lowest BCUT2D eigenvalue weighted by molar-refractivity contribution is -0.139. The highest BCUT2D eigenvalue weighted by Crippen LogP contribution is 2.24. The van der Waals surface area contributed by atoms with Crippen molar-refractivity contribution in [1.29, 1.82) is 0 Å². The van der Waals surface area contributed by atoms with E-state index in [-0.39, 0.29) is 17.5 Å². The second-order valence-electron chi connectivity index (χ2n) is 6.75. The normalized spacial score (nSPS) is 15.9. The van der Waals surface area contributed by atoms with Gasteiger partial charge in [0, 0.05) is 37.2 Å². The summed E-state index contributed by atoms with van der Waals surface area (Å²) in [5.41, 5.74) is 0.479. The van der Waals surface area contributed by atoms with Crippen LogP contribution in [-0.2, 0) is 4.79 Å². The van der Waals surface area contributed by atoms with Crippen LogP contribution in [0.5, 0.6) is 0 Å². The molecule has 0 unspecified atom stereocenters. The Labute approximate surface area is 130 Å². The second kappa shape index (κ2) is 6.07. The number of carbonyl (C=O) groups is 2. The predicted octanol–water partition coefficient (Wildman–Crippen LogP) is 2.72. The van der Waals surface area contributed by atoms with Crippen LogP contribution in [-0.4, -0.2) is 42.8 Å². The molecule has 0 atom stereocenters. The molecule has 0 saturated carbocycles. The maximum atomic E-state index is 14.2. The van der Waals surface area contributed by atoms with E-state index in [1.807, 2.05) is 30.6 Å². The number of amides is 1. The number of hydrogen-bond acceptors (Lipinski definition) is 3. The molecule has 1 amide bonds. The minimum atomic E-state index is -0.392. The summed E-state index contributed by atoms with van der Waals surface area (Å²) in [6.07, 6.45) is 0. The molecule has 120 valence electrons. The molecule has 1 aromatic carbocycles. The van der Waals surface area contributed by atoms with Crippen LogP contribution < -0.4 is 4.90 Å². The molecule has 4 nitrogen and oxygen atoms in total. The van der Waals surface area contributed by atoms with Crippen molar-refractivity contribution in [2.24, 2.45) is 5.41 Å². The van der Waals surface area contributed by atoms with Gasteiger partial charge in [0.25, 0.3) is 0 Å². The van der Waals surface area contributed by atoms with Crippen molar-refractivity contribution in [2.45, 2.75) is 27.7 Å². The molecule has 1 aliphatic rings. The molecule has 1 saturated heterocycles. The van der Waals surface area contributed by atoms with Crippen LogP contribution in [0.15, 0.2) is 18.2 Å². The van der Waals surface area contributed by atoms with Crippen molar-refractivity contribution >= 4 is 17.4 Å². The largest absolute Gasteiger partial charge is 0.366 e. The zero-order valence-electron chi connectivity index (χ0n) is 13.6. The van der Waals surface area contributed by atoms with Gasteiger partial charge >= 0.3 is 0 Å². The van der Waals surface area contributed by atoms with Gasteiger partial charge in [-0.15, -0.1) is 0 Å². The Kier molecular flexibility index (Phi) is 4.54. The lowest BCUT2D eigenvalue weighted by Gasteiger charge is -2.38. The number of carbonyl (C=O) groups excluding carboxylic acids is 2. The van der Waals surface area contributed by atoms with Crippen LogP contribution in [0.3, 0.4) is 0 Å². The number of benzene rings is 1. The number of piperazine rings is 1. The van der Waals surface area contributed by atoms with Crippen LogP contribution in [0.4, 0.5) is 10.1 Å². The molecule has 0 aliphatic carbocycles. The molecule has 22 heavy (non-hydrogen) atoms. The summed E-state index contributed by atoms with van der Waals surface area (Å²) in [6, 6.07) is 4.57. The number of ketones is 1. The zero-order chi connectivity index (χ0) is 16.5. The van der Waals surface area contributed by atoms with E-state index in [2.05, 4.69) is 0 Å². The summed E-state index contributed by atoms with van der Waals surface area (Å²) in [7, 11) is 0. The van der Waals surface area contributed by atoms with Crippen molar-refractivity contribution in [3.63, 3.8) is 0 Å². The smallest absolute Gasteiger partial charge is 0.228 e. The first-order chi connectivity index (χ1) is 10.2. The Morgan fingerprint density at radius 3 is 2.14 bits per heavy atom. The van der Waals surface area contributed by atoms with E-state index >= 15 is 0 Å². The lowest BCUT2D eigenvalue weighted by atomic mass is 9.94. The molecule has 1 fully saturated rings. The van der Waals surface area contributed by atoms with Crippen LogP contribution in [0.1, 0.15) is 38.1 Å². The summed E-state index contributed by atoms with van der Waals surface area (Å²) in [5, 5.41) is 0. The molecule has 1 aliphatic heterocycles. The van der Waals surface area contributed by atoms with Gasteiger partial charge in [-0.3, -0.25) is 9.59 Å². The molecular weight excluding hydrogens is 283 g/mol. The number of hydrogen-bond donors (Lipinski definition) is 0. The van der Waals surface area contributed by atoms with Crippen molar-refractivity contribution < 1.29 is 14.0 Å². The van der Waals surface area contributed by atoms with E-state index in [9.17, 15) is 14.0 Å². The van der Waals surface area contributed by atoms with Crippen molar-refractivity contribution in [3.05, 3.63) is 29.6 Å². The van der Waals surface area contributed by atoms with Crippen molar-refractivity contribution in [1.82, 2.24) is 4.90 Å². The first-order valence-electron chi connectivity index (χ1n) is 7.55. The minimum absolute atomic E-state index is 0.125. The van der Waals surface area contributed by atoms with Gasteiger partial charge in [-0.25, -0.2) is 4.39 Å². The Hall–Kier alpha value is -1.91. The number of halogens is 1. The van der Waals surface area contributed by atoms with Crippen LogP contribution >= 0.6 is 0 Å². The van der Waals surface area contributed by atoms with E-state index in [0.29, 0.717) is 37.4 Å². The first kappa shape index (κ1) is 16.5. The van der Waals surface area contributed by atoms with Gasteiger partial charge in [-0.1, -0.05) is 20.8 Å². The molecular formula is C17H23FN2O2. The first-order valence-corrected chi connectivity index (χ1v) is 7.55. The van der Waals surface area contributed by atoms with Gasteiger partial charge in [0.2, 0.25) is 5.91 Å². The van der Waals surface area contributed by atoms with Crippen molar-refractivity contribution in [3.8, 4) is 0 Å². The molecule has 0 aromatic heterocycles. The van der Waals surface area contributed by atoms with E-state index in [0.717, 1.165) is 0 Å². The minimum Gasteiger partial charge on any atom is -0.366 e. The Bertz CT molecular complexity index is 585. The Morgan fingerprint density at radius 2 is 1.68 bits per heavy atom. The second-order valence-corrected chi connectivity index (χ2v) is 6.75. The zero-order valence-corrected chi connectivity index (χ0v) is 13.6. The molecule has 1 aromatic rings. The molecule has 0 N–H and O–H groups in total. The topological polar surface area (TPSA) is 40.6 Å². The van der Waals surface area contributed by atoms with Crippen LogP contribution in [0, 0.1) is 11.2 Å². The Morgan fingerprint density at radius 1 is 1.09 bits per heavy atom. The molecule has 0 bridgehead atoms. The van der Waals surface area contributed by atoms with Gasteiger partial charge in [0.1, 0.15) is 5.82 Å². The number of anilines is 1. The summed E-state index contributed by atoms with van der Waals surface area (Å²) in [4.78, 5) is 27.3. The molecule has 5 heteroatoms. The third-order valence-corrected chi connectivity index (χ3v) is 3.90. The summed E-state index contributed by atoms with van der Waals surface area (Å²) >= 11 is 0. The predicted molar refractivity (Wildman–Crippen MR) is 84.7 cm³/mol. The van der Waals surface area contributed by atoms with Crippen molar-refractivity contribution in [2.75, 3.05) is 31.1 Å². The average Bonchev–Trinajstić information content (AvgIpc) is 2.45. The van der Waals surface area contributed by atoms with E-state index in [4.69, 9.17) is 0 Å². The summed E-state index contributed by atoms with van der Waals surface area (Å²) in [6.45, 7) is 9.50. The van der Waals surface area contributed by atoms with Gasteiger partial charge in [0.05, 0.1) is 5.69 Å². The van der Waals surface area contributed by atoms with Crippen LogP contribution in [0.2, 0.25) is 0 Å². The fourth-order valence-corrected chi connectivity index (χ4v) is 2.61. The lowest BCUT2D eigenvalue weighted by Crippen LogP contribution is -2.51. The molecule has 0 radical (unpaired) electrons. The van der Waals surface area contributed by atoms with E-state index < -0.39 is 5.41 Å². The quantitative estimate of drug-likeness (QED) is 0.789. The average molecular weight is 306 g/mol. The maximum absolute atomic E-state index is 14.2. The number of nitrogens with zero attached hydrogens (tertiary/aromatic N) is 2. The fourth-order valence-electron chi connectivity index (χ4n) is 2.61. The third-order valence-electron chi connectivity index (χ3n) is 3.90. The van der Waals surface area contributed by atoms with E-state index in [1.165, 1.54) is 13.0 Å². The fraction of sp³-hybridized carbons (Fsp3) is 0.529. The van der Waals surface area contributed by atoms with Gasteiger partial charge in [0.15, 0.2) is 5.78 Å². The highest BCUT2D eigenvalue weighted by Gasteiger charge is 2.30. The number of Topliss-reactive ketones (excluding diaryl/α,β-unsaturated/α-hetero) is 1. The molecule has 2 rings (SSSR count). The van der Waals surface area contributed by atoms with E-state index in [1.54, 1.807) is 12.1 Å². The monoisotopic (exact) mass is 306 g/mol. The summed E-state index contributed by atoms with van der Waals surface area (Å²) < 4.78 is 14.2. The standard InChI is InChI=1S/C17H23FN2O2/c1-12(21)13-5-6-15(14(18)11-13)19-7-9-20(10-8-19)16(22)17(2,3)4/h5-6,11H,7-10H2,1-4H3. The molecule has 0 spiro atoms. The molecule has 1 heterocycles. The third kappa shape index (κ3) is 3.46. The Balaban J connectivity index is 2.06. The van der Waals surface area contributed by atoms with Gasteiger partial charge < -0.3 is 9.80 Å². The van der Waals surface area contributed by atoms with Gasteiger partial charge in [-0.2, -0.15) is 0 Å². The van der Waals surface area contributed by atoms with Gasteiger partial charge in [-0.05, 0) is 25.1 Å². The number of rotatable bonds is 2. The van der Waals surface area contributed by atoms with Crippen LogP contribution in [0.25, 0.3) is 0 Å². The summed E-state index contributed by atoms with van der Waals surface area (Å²) in [5.74, 6) is -0.408.